The van der Waals surface area contributed by atoms with Crippen molar-refractivity contribution < 1.29 is 22.9 Å². The zero-order valence-electron chi connectivity index (χ0n) is 14.6. The van der Waals surface area contributed by atoms with Crippen LogP contribution in [0.3, 0.4) is 0 Å². The first-order valence-corrected chi connectivity index (χ1v) is 9.81. The highest BCUT2D eigenvalue weighted by molar-refractivity contribution is 7.89. The Morgan fingerprint density at radius 3 is 2.38 bits per heavy atom. The number of methoxy groups -OCH3 is 1. The molecule has 3 rings (SSSR count). The van der Waals surface area contributed by atoms with Crippen molar-refractivity contribution in [2.75, 3.05) is 33.3 Å². The van der Waals surface area contributed by atoms with E-state index in [9.17, 15) is 23.3 Å². The molecule has 10 heteroatoms. The molecule has 2 aliphatic rings. The lowest BCUT2D eigenvalue weighted by molar-refractivity contribution is -0.386. The summed E-state index contributed by atoms with van der Waals surface area (Å²) < 4.78 is 31.8. The molecule has 1 aromatic rings. The van der Waals surface area contributed by atoms with Crippen molar-refractivity contribution in [2.24, 2.45) is 11.8 Å². The van der Waals surface area contributed by atoms with Crippen molar-refractivity contribution in [3.63, 3.8) is 0 Å². The minimum absolute atomic E-state index is 0.00270. The third kappa shape index (κ3) is 3.38. The SMILES string of the molecule is COc1ccc(S(=O)(=O)N2CCN(C(=O)[C@H]3C[C@H]3C)CC2)cc1[N+](=O)[O-]. The summed E-state index contributed by atoms with van der Waals surface area (Å²) in [7, 11) is -2.59. The van der Waals surface area contributed by atoms with Crippen LogP contribution in [0.25, 0.3) is 0 Å². The van der Waals surface area contributed by atoms with Crippen molar-refractivity contribution in [1.29, 1.82) is 0 Å². The van der Waals surface area contributed by atoms with Crippen molar-refractivity contribution in [1.82, 2.24) is 9.21 Å². The predicted molar refractivity (Wildman–Crippen MR) is 92.3 cm³/mol. The number of nitrogens with zero attached hydrogens (tertiary/aromatic N) is 3. The molecule has 0 aromatic heterocycles. The fourth-order valence-electron chi connectivity index (χ4n) is 3.17. The van der Waals surface area contributed by atoms with E-state index in [0.717, 1.165) is 12.5 Å². The Bertz CT molecular complexity index is 832. The van der Waals surface area contributed by atoms with Gasteiger partial charge in [-0.15, -0.1) is 0 Å². The van der Waals surface area contributed by atoms with Crippen LogP contribution in [0, 0.1) is 22.0 Å². The van der Waals surface area contributed by atoms with Crippen molar-refractivity contribution in [3.05, 3.63) is 28.3 Å². The highest BCUT2D eigenvalue weighted by atomic mass is 32.2. The van der Waals surface area contributed by atoms with Crippen molar-refractivity contribution in [2.45, 2.75) is 18.2 Å². The first-order chi connectivity index (χ1) is 12.3. The molecule has 9 nitrogen and oxygen atoms in total. The van der Waals surface area contributed by atoms with Crippen LogP contribution in [-0.2, 0) is 14.8 Å². The zero-order chi connectivity index (χ0) is 19.1. The largest absolute Gasteiger partial charge is 0.490 e. The van der Waals surface area contributed by atoms with Crippen LogP contribution >= 0.6 is 0 Å². The second-order valence-corrected chi connectivity index (χ2v) is 8.58. The molecule has 26 heavy (non-hydrogen) atoms. The lowest BCUT2D eigenvalue weighted by atomic mass is 10.2. The number of amides is 1. The summed E-state index contributed by atoms with van der Waals surface area (Å²) in [4.78, 5) is 24.3. The van der Waals surface area contributed by atoms with E-state index in [4.69, 9.17) is 4.74 Å². The average molecular weight is 383 g/mol. The molecular formula is C16H21N3O6S. The number of hydrogen-bond donors (Lipinski definition) is 0. The van der Waals surface area contributed by atoms with Crippen LogP contribution in [0.15, 0.2) is 23.1 Å². The van der Waals surface area contributed by atoms with E-state index in [2.05, 4.69) is 0 Å². The van der Waals surface area contributed by atoms with Gasteiger partial charge in [-0.05, 0) is 24.5 Å². The number of nitro groups is 1. The maximum Gasteiger partial charge on any atom is 0.312 e. The summed E-state index contributed by atoms with van der Waals surface area (Å²) in [5, 5.41) is 11.1. The number of piperazine rings is 1. The average Bonchev–Trinajstić information content (AvgIpc) is 3.37. The smallest absolute Gasteiger partial charge is 0.312 e. The molecule has 0 radical (unpaired) electrons. The van der Waals surface area contributed by atoms with Gasteiger partial charge in [-0.1, -0.05) is 6.92 Å². The Kier molecular flexibility index (Phi) is 4.89. The lowest BCUT2D eigenvalue weighted by Gasteiger charge is -2.34. The van der Waals surface area contributed by atoms with Gasteiger partial charge < -0.3 is 9.64 Å². The van der Waals surface area contributed by atoms with Gasteiger partial charge in [0.05, 0.1) is 16.9 Å². The minimum Gasteiger partial charge on any atom is -0.490 e. The highest BCUT2D eigenvalue weighted by Crippen LogP contribution is 2.39. The molecule has 1 aliphatic carbocycles. The van der Waals surface area contributed by atoms with E-state index in [1.807, 2.05) is 6.92 Å². The van der Waals surface area contributed by atoms with Gasteiger partial charge in [0.2, 0.25) is 15.9 Å². The van der Waals surface area contributed by atoms with Gasteiger partial charge >= 0.3 is 5.69 Å². The van der Waals surface area contributed by atoms with E-state index in [0.29, 0.717) is 19.0 Å². The first-order valence-electron chi connectivity index (χ1n) is 8.37. The van der Waals surface area contributed by atoms with Crippen molar-refractivity contribution in [3.8, 4) is 5.75 Å². The summed E-state index contributed by atoms with van der Waals surface area (Å²) in [6, 6.07) is 3.58. The molecule has 1 saturated carbocycles. The van der Waals surface area contributed by atoms with Gasteiger partial charge in [0.25, 0.3) is 0 Å². The minimum atomic E-state index is -3.87. The third-order valence-electron chi connectivity index (χ3n) is 4.96. The van der Waals surface area contributed by atoms with Crippen LogP contribution < -0.4 is 4.74 Å². The normalized spacial score (nSPS) is 23.5. The summed E-state index contributed by atoms with van der Waals surface area (Å²) in [6.45, 7) is 3.04. The van der Waals surface area contributed by atoms with Gasteiger partial charge in [0.1, 0.15) is 0 Å². The molecule has 0 spiro atoms. The number of rotatable bonds is 5. The van der Waals surface area contributed by atoms with Crippen LogP contribution in [0.5, 0.6) is 5.75 Å². The molecule has 1 aliphatic heterocycles. The van der Waals surface area contributed by atoms with E-state index in [-0.39, 0.29) is 35.6 Å². The summed E-state index contributed by atoms with van der Waals surface area (Å²) in [5.74, 6) is 0.573. The molecule has 0 unspecified atom stereocenters. The summed E-state index contributed by atoms with van der Waals surface area (Å²) >= 11 is 0. The third-order valence-corrected chi connectivity index (χ3v) is 6.86. The molecule has 1 aromatic carbocycles. The number of nitro benzene ring substituents is 1. The number of carbonyl (C=O) groups is 1. The summed E-state index contributed by atoms with van der Waals surface area (Å²) in [6.07, 6.45) is 0.896. The molecule has 1 amide bonds. The van der Waals surface area contributed by atoms with Crippen LogP contribution in [0.4, 0.5) is 5.69 Å². The number of sulfonamides is 1. The van der Waals surface area contributed by atoms with Gasteiger partial charge in [0.15, 0.2) is 5.75 Å². The topological polar surface area (TPSA) is 110 Å². The number of carbonyl (C=O) groups excluding carboxylic acids is 1. The number of ether oxygens (including phenoxy) is 1. The first kappa shape index (κ1) is 18.6. The lowest BCUT2D eigenvalue weighted by Crippen LogP contribution is -2.51. The Balaban J connectivity index is 1.74. The second-order valence-electron chi connectivity index (χ2n) is 6.64. The molecule has 2 fully saturated rings. The predicted octanol–water partition coefficient (Wildman–Crippen LogP) is 1.09. The van der Waals surface area contributed by atoms with E-state index in [1.54, 1.807) is 4.90 Å². The Labute approximate surface area is 151 Å². The molecule has 0 N–H and O–H groups in total. The Hall–Kier alpha value is -2.20. The molecule has 2 atom stereocenters. The fraction of sp³-hybridized carbons (Fsp3) is 0.562. The number of hydrogen-bond acceptors (Lipinski definition) is 6. The second kappa shape index (κ2) is 6.84. The highest BCUT2D eigenvalue weighted by Gasteiger charge is 2.42. The molecular weight excluding hydrogens is 362 g/mol. The maximum absolute atomic E-state index is 12.8. The molecule has 1 heterocycles. The van der Waals surface area contributed by atoms with Gasteiger partial charge in [-0.25, -0.2) is 8.42 Å². The Morgan fingerprint density at radius 1 is 1.27 bits per heavy atom. The van der Waals surface area contributed by atoms with Crippen LogP contribution in [0.2, 0.25) is 0 Å². The van der Waals surface area contributed by atoms with Gasteiger partial charge in [-0.2, -0.15) is 4.31 Å². The zero-order valence-corrected chi connectivity index (χ0v) is 15.4. The Morgan fingerprint density at radius 2 is 1.88 bits per heavy atom. The molecule has 0 bridgehead atoms. The van der Waals surface area contributed by atoms with Gasteiger partial charge in [0, 0.05) is 38.2 Å². The quantitative estimate of drug-likeness (QED) is 0.556. The fourth-order valence-corrected chi connectivity index (χ4v) is 4.61. The standard InChI is InChI=1S/C16H21N3O6S/c1-11-9-13(11)16(20)17-5-7-18(8-6-17)26(23,24)12-3-4-15(25-2)14(10-12)19(21)22/h3-4,10-11,13H,5-9H2,1-2H3/t11-,13+/m1/s1. The monoisotopic (exact) mass is 383 g/mol. The molecule has 1 saturated heterocycles. The maximum atomic E-state index is 12.8. The molecule has 142 valence electrons. The number of benzene rings is 1. The van der Waals surface area contributed by atoms with E-state index < -0.39 is 20.6 Å². The van der Waals surface area contributed by atoms with Crippen molar-refractivity contribution >= 4 is 21.6 Å². The van der Waals surface area contributed by atoms with E-state index >= 15 is 0 Å². The van der Waals surface area contributed by atoms with Gasteiger partial charge in [-0.3, -0.25) is 14.9 Å². The van der Waals surface area contributed by atoms with Crippen LogP contribution in [-0.4, -0.2) is 61.7 Å². The van der Waals surface area contributed by atoms with Crippen LogP contribution in [0.1, 0.15) is 13.3 Å². The summed E-state index contributed by atoms with van der Waals surface area (Å²) in [5.41, 5.74) is -0.398. The van der Waals surface area contributed by atoms with E-state index in [1.165, 1.54) is 23.5 Å².